The van der Waals surface area contributed by atoms with Gasteiger partial charge in [0.05, 0.1) is 13.2 Å². The van der Waals surface area contributed by atoms with Crippen LogP contribution in [0.15, 0.2) is 72.8 Å². The molecule has 0 bridgehead atoms. The molecule has 3 rings (SSSR count). The van der Waals surface area contributed by atoms with Crippen molar-refractivity contribution in [2.75, 3.05) is 12.4 Å². The maximum atomic E-state index is 12.3. The van der Waals surface area contributed by atoms with Gasteiger partial charge in [-0.15, -0.1) is 0 Å². The summed E-state index contributed by atoms with van der Waals surface area (Å²) in [6.07, 6.45) is 3.33. The Balaban J connectivity index is 1.60. The second-order valence-corrected chi connectivity index (χ2v) is 7.64. The van der Waals surface area contributed by atoms with E-state index in [9.17, 15) is 4.79 Å². The van der Waals surface area contributed by atoms with Gasteiger partial charge in [-0.3, -0.25) is 4.79 Å². The van der Waals surface area contributed by atoms with E-state index >= 15 is 0 Å². The van der Waals surface area contributed by atoms with Crippen molar-refractivity contribution in [1.29, 1.82) is 0 Å². The number of amides is 1. The topological polar surface area (TPSA) is 56.8 Å². The fourth-order valence-electron chi connectivity index (χ4n) is 3.08. The van der Waals surface area contributed by atoms with Gasteiger partial charge in [0, 0.05) is 11.8 Å². The van der Waals surface area contributed by atoms with Gasteiger partial charge in [-0.2, -0.15) is 0 Å². The first-order valence-electron chi connectivity index (χ1n) is 10.6. The molecule has 166 valence electrons. The molecule has 3 aromatic rings. The van der Waals surface area contributed by atoms with Crippen LogP contribution in [0, 0.1) is 6.92 Å². The molecule has 0 radical (unpaired) electrons. The van der Waals surface area contributed by atoms with Crippen LogP contribution in [0.4, 0.5) is 5.69 Å². The highest BCUT2D eigenvalue weighted by atomic mass is 16.5. The normalized spacial score (nSPS) is 10.9. The van der Waals surface area contributed by atoms with E-state index in [4.69, 9.17) is 14.2 Å². The Hall–Kier alpha value is -3.73. The maximum absolute atomic E-state index is 12.3. The number of rotatable bonds is 9. The Labute approximate surface area is 189 Å². The van der Waals surface area contributed by atoms with E-state index in [2.05, 4.69) is 18.3 Å². The van der Waals surface area contributed by atoms with Gasteiger partial charge >= 0.3 is 0 Å². The van der Waals surface area contributed by atoms with Crippen molar-refractivity contribution in [3.63, 3.8) is 0 Å². The molecule has 1 N–H and O–H groups in total. The standard InChI is InChI=1S/C27H29NO4/c1-19(2)32-24-13-11-23(12-14-24)28-27(29)16-10-21-9-15-25(26(17-21)30-4)31-18-22-8-6-5-7-20(22)3/h5-17,19H,18H2,1-4H3,(H,28,29). The van der Waals surface area contributed by atoms with Crippen LogP contribution < -0.4 is 19.5 Å². The van der Waals surface area contributed by atoms with Gasteiger partial charge in [0.25, 0.3) is 0 Å². The summed E-state index contributed by atoms with van der Waals surface area (Å²) in [4.78, 5) is 12.3. The highest BCUT2D eigenvalue weighted by Crippen LogP contribution is 2.29. The molecule has 0 aliphatic heterocycles. The molecule has 0 heterocycles. The molecule has 0 aromatic heterocycles. The van der Waals surface area contributed by atoms with Crippen molar-refractivity contribution in [2.45, 2.75) is 33.5 Å². The van der Waals surface area contributed by atoms with Gasteiger partial charge in [0.2, 0.25) is 5.91 Å². The van der Waals surface area contributed by atoms with E-state index in [1.165, 1.54) is 11.6 Å². The Morgan fingerprint density at radius 2 is 1.75 bits per heavy atom. The van der Waals surface area contributed by atoms with Gasteiger partial charge < -0.3 is 19.5 Å². The van der Waals surface area contributed by atoms with E-state index < -0.39 is 0 Å². The molecule has 0 saturated heterocycles. The van der Waals surface area contributed by atoms with Crippen molar-refractivity contribution in [3.8, 4) is 17.2 Å². The fraction of sp³-hybridized carbons (Fsp3) is 0.222. The quantitative estimate of drug-likeness (QED) is 0.421. The first-order valence-corrected chi connectivity index (χ1v) is 10.6. The minimum atomic E-state index is -0.221. The number of anilines is 1. The third-order valence-electron chi connectivity index (χ3n) is 4.75. The average molecular weight is 432 g/mol. The zero-order chi connectivity index (χ0) is 22.9. The zero-order valence-corrected chi connectivity index (χ0v) is 18.9. The fourth-order valence-corrected chi connectivity index (χ4v) is 3.08. The molecular weight excluding hydrogens is 402 g/mol. The lowest BCUT2D eigenvalue weighted by atomic mass is 10.1. The molecule has 0 atom stereocenters. The molecule has 0 aliphatic carbocycles. The summed E-state index contributed by atoms with van der Waals surface area (Å²) in [6, 6.07) is 21.0. The molecular formula is C27H29NO4. The first kappa shape index (κ1) is 22.9. The van der Waals surface area contributed by atoms with Crippen LogP contribution in [0.2, 0.25) is 0 Å². The zero-order valence-electron chi connectivity index (χ0n) is 18.9. The Kier molecular flexibility index (Phi) is 7.92. The largest absolute Gasteiger partial charge is 0.493 e. The third-order valence-corrected chi connectivity index (χ3v) is 4.75. The smallest absolute Gasteiger partial charge is 0.248 e. The van der Waals surface area contributed by atoms with Crippen LogP contribution in [0.3, 0.4) is 0 Å². The molecule has 0 fully saturated rings. The number of carbonyl (C=O) groups is 1. The van der Waals surface area contributed by atoms with Gasteiger partial charge in [-0.25, -0.2) is 0 Å². The van der Waals surface area contributed by atoms with Crippen LogP contribution in [-0.4, -0.2) is 19.1 Å². The lowest BCUT2D eigenvalue weighted by Crippen LogP contribution is -2.08. The van der Waals surface area contributed by atoms with E-state index in [-0.39, 0.29) is 12.0 Å². The summed E-state index contributed by atoms with van der Waals surface area (Å²) < 4.78 is 17.0. The molecule has 5 heteroatoms. The molecule has 32 heavy (non-hydrogen) atoms. The summed E-state index contributed by atoms with van der Waals surface area (Å²) in [6.45, 7) is 6.46. The van der Waals surface area contributed by atoms with Crippen molar-refractivity contribution in [2.24, 2.45) is 0 Å². The average Bonchev–Trinajstić information content (AvgIpc) is 2.78. The predicted molar refractivity (Wildman–Crippen MR) is 128 cm³/mol. The minimum absolute atomic E-state index is 0.106. The van der Waals surface area contributed by atoms with Gasteiger partial charge in [-0.05, 0) is 79.9 Å². The molecule has 1 amide bonds. The van der Waals surface area contributed by atoms with Crippen molar-refractivity contribution < 1.29 is 19.0 Å². The van der Waals surface area contributed by atoms with E-state index in [1.807, 2.05) is 74.5 Å². The van der Waals surface area contributed by atoms with Crippen LogP contribution >= 0.6 is 0 Å². The first-order chi connectivity index (χ1) is 15.4. The highest BCUT2D eigenvalue weighted by molar-refractivity contribution is 6.02. The summed E-state index contributed by atoms with van der Waals surface area (Å²) in [5.74, 6) is 1.81. The third kappa shape index (κ3) is 6.64. The van der Waals surface area contributed by atoms with Gasteiger partial charge in [0.1, 0.15) is 12.4 Å². The molecule has 5 nitrogen and oxygen atoms in total. The number of hydrogen-bond donors (Lipinski definition) is 1. The molecule has 0 unspecified atom stereocenters. The van der Waals surface area contributed by atoms with Crippen LogP contribution in [0.25, 0.3) is 6.08 Å². The molecule has 0 spiro atoms. The number of benzene rings is 3. The number of carbonyl (C=O) groups excluding carboxylic acids is 1. The number of ether oxygens (including phenoxy) is 3. The molecule has 3 aromatic carbocycles. The minimum Gasteiger partial charge on any atom is -0.493 e. The summed E-state index contributed by atoms with van der Waals surface area (Å²) >= 11 is 0. The Morgan fingerprint density at radius 1 is 1.00 bits per heavy atom. The van der Waals surface area contributed by atoms with Crippen LogP contribution in [0.5, 0.6) is 17.2 Å². The van der Waals surface area contributed by atoms with Gasteiger partial charge in [0.15, 0.2) is 11.5 Å². The number of nitrogens with one attached hydrogen (secondary N) is 1. The van der Waals surface area contributed by atoms with E-state index in [0.717, 1.165) is 16.9 Å². The van der Waals surface area contributed by atoms with Crippen molar-refractivity contribution in [3.05, 3.63) is 89.5 Å². The maximum Gasteiger partial charge on any atom is 0.248 e. The summed E-state index contributed by atoms with van der Waals surface area (Å²) in [5, 5.41) is 2.84. The second-order valence-electron chi connectivity index (χ2n) is 7.64. The Morgan fingerprint density at radius 3 is 2.44 bits per heavy atom. The molecule has 0 aliphatic rings. The highest BCUT2D eigenvalue weighted by Gasteiger charge is 2.07. The molecule has 0 saturated carbocycles. The predicted octanol–water partition coefficient (Wildman–Crippen LogP) is 6.02. The monoisotopic (exact) mass is 431 g/mol. The van der Waals surface area contributed by atoms with E-state index in [1.54, 1.807) is 13.2 Å². The SMILES string of the molecule is COc1cc(C=CC(=O)Nc2ccc(OC(C)C)cc2)ccc1OCc1ccccc1C. The van der Waals surface area contributed by atoms with Gasteiger partial charge in [-0.1, -0.05) is 30.3 Å². The van der Waals surface area contributed by atoms with E-state index in [0.29, 0.717) is 23.8 Å². The lowest BCUT2D eigenvalue weighted by Gasteiger charge is -2.12. The second kappa shape index (κ2) is 11.0. The van der Waals surface area contributed by atoms with Crippen LogP contribution in [0.1, 0.15) is 30.5 Å². The summed E-state index contributed by atoms with van der Waals surface area (Å²) in [5.41, 5.74) is 3.84. The van der Waals surface area contributed by atoms with Crippen LogP contribution in [-0.2, 0) is 11.4 Å². The number of hydrogen-bond acceptors (Lipinski definition) is 4. The lowest BCUT2D eigenvalue weighted by molar-refractivity contribution is -0.111. The van der Waals surface area contributed by atoms with Crippen molar-refractivity contribution >= 4 is 17.7 Å². The number of aryl methyl sites for hydroxylation is 1. The Bertz CT molecular complexity index is 1070. The van der Waals surface area contributed by atoms with Crippen molar-refractivity contribution in [1.82, 2.24) is 0 Å². The number of methoxy groups -OCH3 is 1. The summed E-state index contributed by atoms with van der Waals surface area (Å²) in [7, 11) is 1.60.